The summed E-state index contributed by atoms with van der Waals surface area (Å²) < 4.78 is 10.3. The first kappa shape index (κ1) is 14.0. The van der Waals surface area contributed by atoms with Crippen molar-refractivity contribution in [1.82, 2.24) is 0 Å². The van der Waals surface area contributed by atoms with E-state index in [0.29, 0.717) is 0 Å². The topological polar surface area (TPSA) is 18.5 Å². The van der Waals surface area contributed by atoms with Crippen molar-refractivity contribution in [2.24, 2.45) is 0 Å². The average molecular weight is 273 g/mol. The van der Waals surface area contributed by atoms with Crippen LogP contribution in [-0.4, -0.2) is 20.1 Å². The molecule has 0 bridgehead atoms. The van der Waals surface area contributed by atoms with Crippen LogP contribution in [0, 0.1) is 0 Å². The molecule has 0 spiro atoms. The molecular formula is C12H17BrO2. The van der Waals surface area contributed by atoms with Gasteiger partial charge >= 0.3 is 0 Å². The highest BCUT2D eigenvalue weighted by molar-refractivity contribution is 9.08. The Hall–Kier alpha value is -0.960. The Kier molecular flexibility index (Phi) is 7.82. The van der Waals surface area contributed by atoms with Crippen molar-refractivity contribution in [3.63, 3.8) is 0 Å². The highest BCUT2D eigenvalue weighted by Crippen LogP contribution is 2.27. The predicted molar refractivity (Wildman–Crippen MR) is 68.3 cm³/mol. The van der Waals surface area contributed by atoms with E-state index in [2.05, 4.69) is 22.5 Å². The summed E-state index contributed by atoms with van der Waals surface area (Å²) in [5.41, 5.74) is 1.17. The highest BCUT2D eigenvalue weighted by Gasteiger charge is 2.02. The zero-order chi connectivity index (χ0) is 11.7. The minimum atomic E-state index is 0.760. The Balaban J connectivity index is 0.000000921. The molecule has 84 valence electrons. The van der Waals surface area contributed by atoms with Crippen molar-refractivity contribution in [3.05, 3.63) is 36.4 Å². The fourth-order valence-electron chi connectivity index (χ4n) is 1.17. The Labute approximate surface area is 100 Å². The Morgan fingerprint density at radius 1 is 1.20 bits per heavy atom. The lowest BCUT2D eigenvalue weighted by molar-refractivity contribution is 0.354. The molecule has 0 amide bonds. The Bertz CT molecular complexity index is 298. The van der Waals surface area contributed by atoms with Gasteiger partial charge in [-0.25, -0.2) is 0 Å². The Morgan fingerprint density at radius 2 is 1.80 bits per heavy atom. The van der Waals surface area contributed by atoms with E-state index in [1.54, 1.807) is 14.2 Å². The van der Waals surface area contributed by atoms with Gasteiger partial charge in [0.25, 0.3) is 0 Å². The summed E-state index contributed by atoms with van der Waals surface area (Å²) in [6, 6.07) is 5.86. The number of ether oxygens (including phenoxy) is 2. The molecule has 0 aromatic heterocycles. The van der Waals surface area contributed by atoms with Crippen LogP contribution in [0.1, 0.15) is 5.56 Å². The van der Waals surface area contributed by atoms with E-state index >= 15 is 0 Å². The summed E-state index contributed by atoms with van der Waals surface area (Å²) in [6.07, 6.45) is 2.71. The molecule has 0 N–H and O–H groups in total. The molecule has 15 heavy (non-hydrogen) atoms. The van der Waals surface area contributed by atoms with Gasteiger partial charge in [-0.3, -0.25) is 0 Å². The predicted octanol–water partition coefficient (Wildman–Crippen LogP) is 3.44. The number of allylic oxidation sites excluding steroid dienone is 1. The van der Waals surface area contributed by atoms with Crippen LogP contribution in [0.15, 0.2) is 30.9 Å². The largest absolute Gasteiger partial charge is 0.493 e. The van der Waals surface area contributed by atoms with E-state index in [4.69, 9.17) is 9.47 Å². The van der Waals surface area contributed by atoms with Crippen LogP contribution < -0.4 is 9.47 Å². The number of halogens is 1. The first-order chi connectivity index (χ1) is 7.31. The van der Waals surface area contributed by atoms with Crippen LogP contribution in [0.4, 0.5) is 0 Å². The van der Waals surface area contributed by atoms with E-state index in [0.717, 1.165) is 17.9 Å². The summed E-state index contributed by atoms with van der Waals surface area (Å²) in [5.74, 6) is 3.34. The van der Waals surface area contributed by atoms with Gasteiger partial charge in [-0.05, 0) is 30.0 Å². The lowest BCUT2D eigenvalue weighted by Crippen LogP contribution is -1.91. The van der Waals surface area contributed by atoms with Gasteiger partial charge in [-0.1, -0.05) is 28.1 Å². The third-order valence-corrected chi connectivity index (χ3v) is 1.83. The molecule has 1 aromatic carbocycles. The van der Waals surface area contributed by atoms with Crippen molar-refractivity contribution < 1.29 is 9.47 Å². The first-order valence-corrected chi connectivity index (χ1v) is 6.10. The number of hydrogen-bond acceptors (Lipinski definition) is 2. The molecule has 0 aliphatic carbocycles. The molecule has 0 atom stereocenters. The third-order valence-electron chi connectivity index (χ3n) is 1.83. The van der Waals surface area contributed by atoms with Gasteiger partial charge in [-0.15, -0.1) is 6.58 Å². The van der Waals surface area contributed by atoms with Crippen LogP contribution in [0.3, 0.4) is 0 Å². The maximum Gasteiger partial charge on any atom is 0.160 e. The molecule has 0 radical (unpaired) electrons. The van der Waals surface area contributed by atoms with Crippen molar-refractivity contribution in [2.45, 2.75) is 6.42 Å². The van der Waals surface area contributed by atoms with Gasteiger partial charge in [0, 0.05) is 0 Å². The second-order valence-corrected chi connectivity index (χ2v) is 2.68. The van der Waals surface area contributed by atoms with Gasteiger partial charge < -0.3 is 9.47 Å². The fraction of sp³-hybridized carbons (Fsp3) is 0.333. The monoisotopic (exact) mass is 272 g/mol. The maximum atomic E-state index is 5.16. The highest BCUT2D eigenvalue weighted by atomic mass is 79.9. The maximum absolute atomic E-state index is 5.16. The van der Waals surface area contributed by atoms with E-state index in [9.17, 15) is 0 Å². The van der Waals surface area contributed by atoms with Gasteiger partial charge in [-0.2, -0.15) is 0 Å². The zero-order valence-electron chi connectivity index (χ0n) is 9.42. The van der Waals surface area contributed by atoms with Crippen molar-refractivity contribution in [1.29, 1.82) is 0 Å². The van der Waals surface area contributed by atoms with Gasteiger partial charge in [0.05, 0.1) is 14.2 Å². The number of benzene rings is 1. The summed E-state index contributed by atoms with van der Waals surface area (Å²) in [7, 11) is 3.26. The number of rotatable bonds is 4. The average Bonchev–Trinajstić information content (AvgIpc) is 2.32. The molecular weight excluding hydrogens is 256 g/mol. The Morgan fingerprint density at radius 3 is 2.27 bits per heavy atom. The lowest BCUT2D eigenvalue weighted by Gasteiger charge is -2.08. The lowest BCUT2D eigenvalue weighted by atomic mass is 10.1. The van der Waals surface area contributed by atoms with E-state index in [1.165, 1.54) is 5.56 Å². The summed E-state index contributed by atoms with van der Waals surface area (Å²) in [6.45, 7) is 3.68. The summed E-state index contributed by atoms with van der Waals surface area (Å²) in [5, 5.41) is 0. The number of alkyl halides is 1. The van der Waals surface area contributed by atoms with Crippen LogP contribution in [0.2, 0.25) is 0 Å². The molecule has 0 fully saturated rings. The first-order valence-electron chi connectivity index (χ1n) is 4.51. The van der Waals surface area contributed by atoms with Gasteiger partial charge in [0.15, 0.2) is 11.5 Å². The van der Waals surface area contributed by atoms with Crippen molar-refractivity contribution in [3.8, 4) is 11.5 Å². The molecule has 3 heteroatoms. The van der Waals surface area contributed by atoms with Crippen LogP contribution in [-0.2, 0) is 6.42 Å². The van der Waals surface area contributed by atoms with Crippen molar-refractivity contribution >= 4 is 15.9 Å². The number of hydrogen-bond donors (Lipinski definition) is 0. The van der Waals surface area contributed by atoms with Crippen LogP contribution in [0.5, 0.6) is 11.5 Å². The minimum Gasteiger partial charge on any atom is -0.493 e. The zero-order valence-corrected chi connectivity index (χ0v) is 11.0. The summed E-state index contributed by atoms with van der Waals surface area (Å²) >= 11 is 2.94. The van der Waals surface area contributed by atoms with Crippen molar-refractivity contribution in [2.75, 3.05) is 20.1 Å². The molecule has 0 saturated carbocycles. The molecule has 1 rings (SSSR count). The number of methoxy groups -OCH3 is 2. The smallest absolute Gasteiger partial charge is 0.160 e. The second kappa shape index (κ2) is 8.36. The summed E-state index contributed by atoms with van der Waals surface area (Å²) in [4.78, 5) is 0. The van der Waals surface area contributed by atoms with Gasteiger partial charge in [0.1, 0.15) is 0 Å². The van der Waals surface area contributed by atoms with Crippen LogP contribution >= 0.6 is 15.9 Å². The molecule has 0 aliphatic heterocycles. The molecule has 0 unspecified atom stereocenters. The minimum absolute atomic E-state index is 0.760. The molecule has 0 saturated heterocycles. The van der Waals surface area contributed by atoms with E-state index < -0.39 is 0 Å². The SMILES string of the molecule is C=CCc1ccc(OC)c(OC)c1.CBr. The van der Waals surface area contributed by atoms with E-state index in [-0.39, 0.29) is 0 Å². The second-order valence-electron chi connectivity index (χ2n) is 2.68. The quantitative estimate of drug-likeness (QED) is 0.618. The van der Waals surface area contributed by atoms with Gasteiger partial charge in [0.2, 0.25) is 0 Å². The van der Waals surface area contributed by atoms with Crippen LogP contribution in [0.25, 0.3) is 0 Å². The standard InChI is InChI=1S/C11H14O2.CH3Br/c1-4-5-9-6-7-10(12-2)11(8-9)13-3;1-2/h4,6-8H,1,5H2,2-3H3;1H3. The molecule has 0 aliphatic rings. The fourth-order valence-corrected chi connectivity index (χ4v) is 1.17. The molecule has 2 nitrogen and oxygen atoms in total. The molecule has 1 aromatic rings. The van der Waals surface area contributed by atoms with E-state index in [1.807, 2.05) is 30.1 Å². The third kappa shape index (κ3) is 4.38. The normalized spacial score (nSPS) is 8.53. The molecule has 0 heterocycles.